The van der Waals surface area contributed by atoms with Gasteiger partial charge >= 0.3 is 0 Å². The highest BCUT2D eigenvalue weighted by molar-refractivity contribution is 7.99. The minimum absolute atomic E-state index is 0.0622. The Kier molecular flexibility index (Phi) is 7.61. The molecule has 1 heterocycles. The Balaban J connectivity index is 1.81. The monoisotopic (exact) mass is 529 g/mol. The van der Waals surface area contributed by atoms with Gasteiger partial charge in [-0.2, -0.15) is 0 Å². The Morgan fingerprint density at radius 3 is 2.39 bits per heavy atom. The van der Waals surface area contributed by atoms with Crippen molar-refractivity contribution in [3.63, 3.8) is 0 Å². The van der Waals surface area contributed by atoms with Crippen molar-refractivity contribution in [1.82, 2.24) is 4.90 Å². The van der Waals surface area contributed by atoms with E-state index in [1.165, 1.54) is 18.7 Å². The lowest BCUT2D eigenvalue weighted by atomic mass is 9.99. The summed E-state index contributed by atoms with van der Waals surface area (Å²) in [6.07, 6.45) is -0.443. The van der Waals surface area contributed by atoms with E-state index in [-0.39, 0.29) is 5.56 Å². The van der Waals surface area contributed by atoms with Crippen LogP contribution in [0.3, 0.4) is 0 Å². The van der Waals surface area contributed by atoms with Gasteiger partial charge in [0.15, 0.2) is 0 Å². The first kappa shape index (κ1) is 25.7. The summed E-state index contributed by atoms with van der Waals surface area (Å²) in [5.74, 6) is -3.75. The van der Waals surface area contributed by atoms with Crippen LogP contribution in [0.4, 0.5) is 14.5 Å². The molecule has 0 fully saturated rings. The number of fused-ring (bicyclic) bond motifs is 1. The van der Waals surface area contributed by atoms with Gasteiger partial charge in [-0.25, -0.2) is 8.78 Å². The SMILES string of the molecule is C[C@@H](C(N)=O)N(C(=O)Cc1cc(F)cc(F)c1)[C@@H]1C(=O)Nc2cc(Cl)ccc2S[C@@H]1c1ccccc1. The number of anilines is 1. The van der Waals surface area contributed by atoms with Gasteiger partial charge in [0, 0.05) is 16.0 Å². The molecule has 3 aromatic rings. The molecule has 1 aliphatic heterocycles. The molecule has 186 valence electrons. The van der Waals surface area contributed by atoms with Gasteiger partial charge in [0.1, 0.15) is 23.7 Å². The first-order valence-electron chi connectivity index (χ1n) is 11.0. The Bertz CT molecular complexity index is 1300. The Morgan fingerprint density at radius 1 is 1.08 bits per heavy atom. The minimum Gasteiger partial charge on any atom is -0.368 e. The molecule has 3 N–H and O–H groups in total. The molecule has 3 amide bonds. The highest BCUT2D eigenvalue weighted by Crippen LogP contribution is 2.46. The summed E-state index contributed by atoms with van der Waals surface area (Å²) in [6, 6.07) is 14.5. The average Bonchev–Trinajstić information content (AvgIpc) is 2.95. The van der Waals surface area contributed by atoms with Gasteiger partial charge in [-0.15, -0.1) is 11.8 Å². The van der Waals surface area contributed by atoms with Crippen LogP contribution in [-0.4, -0.2) is 34.7 Å². The third-order valence-electron chi connectivity index (χ3n) is 5.83. The van der Waals surface area contributed by atoms with E-state index in [1.54, 1.807) is 30.3 Å². The number of nitrogens with zero attached hydrogens (tertiary/aromatic N) is 1. The number of primary amides is 1. The van der Waals surface area contributed by atoms with Crippen molar-refractivity contribution < 1.29 is 23.2 Å². The molecule has 0 aromatic heterocycles. The number of benzene rings is 3. The number of nitrogens with two attached hydrogens (primary N) is 1. The van der Waals surface area contributed by atoms with E-state index in [2.05, 4.69) is 5.32 Å². The topological polar surface area (TPSA) is 92.5 Å². The highest BCUT2D eigenvalue weighted by Gasteiger charge is 2.43. The predicted octanol–water partition coefficient (Wildman–Crippen LogP) is 4.72. The normalized spacial score (nSPS) is 17.9. The Morgan fingerprint density at radius 2 is 1.75 bits per heavy atom. The second-order valence-corrected chi connectivity index (χ2v) is 9.98. The number of carbonyl (C=O) groups is 3. The third-order valence-corrected chi connectivity index (χ3v) is 7.46. The standard InChI is InChI=1S/C26H22ClF2N3O3S/c1-14(25(30)34)32(22(33)11-15-9-18(28)13-19(29)10-15)23-24(16-5-3-2-4-6-16)36-21-8-7-17(27)12-20(21)31-26(23)35/h2-10,12-14,23-24H,11H2,1H3,(H2,30,34)(H,31,35)/t14-,23-,24+/m0/s1. The van der Waals surface area contributed by atoms with E-state index in [4.69, 9.17) is 17.3 Å². The first-order chi connectivity index (χ1) is 17.1. The van der Waals surface area contributed by atoms with Crippen molar-refractivity contribution in [2.24, 2.45) is 5.73 Å². The van der Waals surface area contributed by atoms with Crippen molar-refractivity contribution in [2.75, 3.05) is 5.32 Å². The van der Waals surface area contributed by atoms with E-state index >= 15 is 0 Å². The smallest absolute Gasteiger partial charge is 0.248 e. The van der Waals surface area contributed by atoms with Crippen LogP contribution in [-0.2, 0) is 20.8 Å². The minimum atomic E-state index is -1.19. The van der Waals surface area contributed by atoms with Gasteiger partial charge < -0.3 is 16.0 Å². The molecule has 3 atom stereocenters. The van der Waals surface area contributed by atoms with E-state index < -0.39 is 53.1 Å². The molecule has 0 saturated carbocycles. The molecule has 1 aliphatic rings. The number of carbonyl (C=O) groups excluding carboxylic acids is 3. The largest absolute Gasteiger partial charge is 0.368 e. The molecule has 0 unspecified atom stereocenters. The van der Waals surface area contributed by atoms with E-state index in [0.717, 1.165) is 27.5 Å². The number of amides is 3. The fourth-order valence-electron chi connectivity index (χ4n) is 4.14. The molecule has 3 aromatic carbocycles. The second kappa shape index (κ2) is 10.7. The maximum Gasteiger partial charge on any atom is 0.248 e. The van der Waals surface area contributed by atoms with Gasteiger partial charge in [-0.3, -0.25) is 14.4 Å². The van der Waals surface area contributed by atoms with Gasteiger partial charge in [-0.1, -0.05) is 41.9 Å². The quantitative estimate of drug-likeness (QED) is 0.483. The fraction of sp³-hybridized carbons (Fsp3) is 0.192. The summed E-state index contributed by atoms with van der Waals surface area (Å²) < 4.78 is 27.6. The number of thioether (sulfide) groups is 1. The van der Waals surface area contributed by atoms with Crippen LogP contribution in [0.15, 0.2) is 71.6 Å². The molecule has 4 rings (SSSR count). The van der Waals surface area contributed by atoms with Gasteiger partial charge in [0.25, 0.3) is 0 Å². The molecule has 0 bridgehead atoms. The number of hydrogen-bond acceptors (Lipinski definition) is 4. The average molecular weight is 530 g/mol. The van der Waals surface area contributed by atoms with Crippen LogP contribution in [0.1, 0.15) is 23.3 Å². The van der Waals surface area contributed by atoms with Crippen LogP contribution in [0.25, 0.3) is 0 Å². The lowest BCUT2D eigenvalue weighted by Gasteiger charge is -2.37. The molecule has 6 nitrogen and oxygen atoms in total. The summed E-state index contributed by atoms with van der Waals surface area (Å²) in [4.78, 5) is 41.4. The maximum absolute atomic E-state index is 13.8. The van der Waals surface area contributed by atoms with Crippen LogP contribution in [0.5, 0.6) is 0 Å². The van der Waals surface area contributed by atoms with Crippen molar-refractivity contribution in [1.29, 1.82) is 0 Å². The number of halogens is 3. The van der Waals surface area contributed by atoms with Crippen LogP contribution in [0, 0.1) is 11.6 Å². The van der Waals surface area contributed by atoms with Crippen LogP contribution < -0.4 is 11.1 Å². The molecular weight excluding hydrogens is 508 g/mol. The van der Waals surface area contributed by atoms with E-state index in [1.807, 2.05) is 18.2 Å². The molecule has 10 heteroatoms. The molecule has 0 saturated heterocycles. The van der Waals surface area contributed by atoms with Gasteiger partial charge in [0.05, 0.1) is 17.4 Å². The lowest BCUT2D eigenvalue weighted by molar-refractivity contribution is -0.144. The zero-order chi connectivity index (χ0) is 26.0. The third kappa shape index (κ3) is 5.52. The van der Waals surface area contributed by atoms with Crippen molar-refractivity contribution in [3.8, 4) is 0 Å². The van der Waals surface area contributed by atoms with Crippen molar-refractivity contribution >= 4 is 46.8 Å². The Labute approximate surface area is 215 Å². The number of hydrogen-bond donors (Lipinski definition) is 2. The molecule has 0 radical (unpaired) electrons. The van der Waals surface area contributed by atoms with Crippen LogP contribution >= 0.6 is 23.4 Å². The molecule has 0 spiro atoms. The summed E-state index contributed by atoms with van der Waals surface area (Å²) >= 11 is 7.47. The highest BCUT2D eigenvalue weighted by atomic mass is 35.5. The summed E-state index contributed by atoms with van der Waals surface area (Å²) in [7, 11) is 0. The summed E-state index contributed by atoms with van der Waals surface area (Å²) in [5, 5.41) is 2.59. The fourth-order valence-corrected chi connectivity index (χ4v) is 5.65. The van der Waals surface area contributed by atoms with Crippen LogP contribution in [0.2, 0.25) is 5.02 Å². The summed E-state index contributed by atoms with van der Waals surface area (Å²) in [5.41, 5.74) is 6.85. The maximum atomic E-state index is 13.8. The number of nitrogens with one attached hydrogen (secondary N) is 1. The number of rotatable bonds is 6. The summed E-state index contributed by atoms with van der Waals surface area (Å²) in [6.45, 7) is 1.42. The molecular formula is C26H22ClF2N3O3S. The molecule has 0 aliphatic carbocycles. The first-order valence-corrected chi connectivity index (χ1v) is 12.3. The Hall–Kier alpha value is -3.43. The van der Waals surface area contributed by atoms with E-state index in [0.29, 0.717) is 16.8 Å². The predicted molar refractivity (Wildman–Crippen MR) is 134 cm³/mol. The van der Waals surface area contributed by atoms with Gasteiger partial charge in [0.2, 0.25) is 17.7 Å². The zero-order valence-electron chi connectivity index (χ0n) is 19.1. The van der Waals surface area contributed by atoms with E-state index in [9.17, 15) is 23.2 Å². The van der Waals surface area contributed by atoms with Crippen molar-refractivity contribution in [3.05, 3.63) is 94.5 Å². The van der Waals surface area contributed by atoms with Crippen molar-refractivity contribution in [2.45, 2.75) is 35.6 Å². The lowest BCUT2D eigenvalue weighted by Crippen LogP contribution is -2.57. The zero-order valence-corrected chi connectivity index (χ0v) is 20.7. The van der Waals surface area contributed by atoms with Gasteiger partial charge in [-0.05, 0) is 48.4 Å². The second-order valence-electron chi connectivity index (χ2n) is 8.36. The molecule has 36 heavy (non-hydrogen) atoms.